The van der Waals surface area contributed by atoms with Crippen LogP contribution in [0, 0.1) is 0 Å². The molecule has 0 fully saturated rings. The SMILES string of the molecule is CCCN(CCC)CCCCN(C)Cc1ccc(CN)cc1.Cl. The minimum Gasteiger partial charge on any atom is -0.326 e. The molecule has 2 N–H and O–H groups in total. The lowest BCUT2D eigenvalue weighted by Crippen LogP contribution is -2.27. The molecule has 0 bridgehead atoms. The molecule has 0 aromatic heterocycles. The molecule has 0 spiro atoms. The molecule has 134 valence electrons. The molecule has 0 amide bonds. The molecule has 0 heterocycles. The Morgan fingerprint density at radius 2 is 1.35 bits per heavy atom. The van der Waals surface area contributed by atoms with Crippen molar-refractivity contribution in [2.45, 2.75) is 52.6 Å². The number of unbranched alkanes of at least 4 members (excludes halogenated alkanes) is 1. The van der Waals surface area contributed by atoms with E-state index in [2.05, 4.69) is 55.0 Å². The largest absolute Gasteiger partial charge is 0.326 e. The summed E-state index contributed by atoms with van der Waals surface area (Å²) in [4.78, 5) is 5.02. The first-order chi connectivity index (χ1) is 10.7. The number of rotatable bonds is 12. The maximum atomic E-state index is 5.64. The van der Waals surface area contributed by atoms with Gasteiger partial charge in [0.15, 0.2) is 0 Å². The average Bonchev–Trinajstić information content (AvgIpc) is 2.52. The second-order valence-electron chi connectivity index (χ2n) is 6.31. The van der Waals surface area contributed by atoms with Crippen LogP contribution in [0.3, 0.4) is 0 Å². The molecule has 0 atom stereocenters. The van der Waals surface area contributed by atoms with Crippen LogP contribution in [0.1, 0.15) is 50.7 Å². The molecular weight excluding hydrogens is 306 g/mol. The second kappa shape index (κ2) is 13.8. The normalized spacial score (nSPS) is 11.0. The van der Waals surface area contributed by atoms with Crippen molar-refractivity contribution in [2.75, 3.05) is 33.2 Å². The van der Waals surface area contributed by atoms with Crippen LogP contribution >= 0.6 is 12.4 Å². The average molecular weight is 342 g/mol. The fourth-order valence-electron chi connectivity index (χ4n) is 2.86. The van der Waals surface area contributed by atoms with Crippen LogP contribution in [-0.2, 0) is 13.1 Å². The zero-order valence-electron chi connectivity index (χ0n) is 15.3. The molecule has 0 unspecified atom stereocenters. The molecule has 4 heteroatoms. The van der Waals surface area contributed by atoms with Crippen molar-refractivity contribution in [3.8, 4) is 0 Å². The second-order valence-corrected chi connectivity index (χ2v) is 6.31. The van der Waals surface area contributed by atoms with Gasteiger partial charge in [0, 0.05) is 13.1 Å². The zero-order chi connectivity index (χ0) is 16.2. The van der Waals surface area contributed by atoms with E-state index in [1.807, 2.05) is 0 Å². The number of nitrogens with zero attached hydrogens (tertiary/aromatic N) is 2. The van der Waals surface area contributed by atoms with Crippen LogP contribution in [0.15, 0.2) is 24.3 Å². The lowest BCUT2D eigenvalue weighted by Gasteiger charge is -2.22. The molecule has 3 nitrogen and oxygen atoms in total. The van der Waals surface area contributed by atoms with Crippen LogP contribution in [0.4, 0.5) is 0 Å². The van der Waals surface area contributed by atoms with E-state index in [4.69, 9.17) is 5.73 Å². The highest BCUT2D eigenvalue weighted by molar-refractivity contribution is 5.85. The van der Waals surface area contributed by atoms with E-state index in [9.17, 15) is 0 Å². The third kappa shape index (κ3) is 9.98. The molecule has 1 aromatic carbocycles. The van der Waals surface area contributed by atoms with Gasteiger partial charge in [-0.05, 0) is 70.0 Å². The first-order valence-corrected chi connectivity index (χ1v) is 8.88. The van der Waals surface area contributed by atoms with Gasteiger partial charge in [0.25, 0.3) is 0 Å². The van der Waals surface area contributed by atoms with Crippen molar-refractivity contribution in [1.82, 2.24) is 9.80 Å². The molecule has 0 aliphatic rings. The van der Waals surface area contributed by atoms with Crippen LogP contribution in [0.2, 0.25) is 0 Å². The van der Waals surface area contributed by atoms with Crippen LogP contribution in [-0.4, -0.2) is 43.0 Å². The Labute approximate surface area is 149 Å². The first kappa shape index (κ1) is 22.4. The van der Waals surface area contributed by atoms with Crippen molar-refractivity contribution >= 4 is 12.4 Å². The standard InChI is InChI=1S/C19H35N3.ClH/c1-4-12-22(13-5-2)15-7-6-14-21(3)17-19-10-8-18(16-20)9-11-19;/h8-11H,4-7,12-17,20H2,1-3H3;1H. The Morgan fingerprint density at radius 1 is 0.826 bits per heavy atom. The third-order valence-corrected chi connectivity index (χ3v) is 4.06. The summed E-state index contributed by atoms with van der Waals surface area (Å²) in [6.07, 6.45) is 5.11. The minimum absolute atomic E-state index is 0. The van der Waals surface area contributed by atoms with Gasteiger partial charge in [0.2, 0.25) is 0 Å². The Bertz CT molecular complexity index is 375. The maximum absolute atomic E-state index is 5.64. The van der Waals surface area contributed by atoms with E-state index in [-0.39, 0.29) is 12.4 Å². The summed E-state index contributed by atoms with van der Waals surface area (Å²) in [5, 5.41) is 0. The zero-order valence-corrected chi connectivity index (χ0v) is 16.1. The van der Waals surface area contributed by atoms with Gasteiger partial charge in [-0.1, -0.05) is 38.1 Å². The summed E-state index contributed by atoms with van der Waals surface area (Å²) in [6, 6.07) is 8.67. The van der Waals surface area contributed by atoms with Crippen LogP contribution in [0.25, 0.3) is 0 Å². The maximum Gasteiger partial charge on any atom is 0.0230 e. The number of hydrogen-bond donors (Lipinski definition) is 1. The highest BCUT2D eigenvalue weighted by Crippen LogP contribution is 2.07. The van der Waals surface area contributed by atoms with Gasteiger partial charge in [-0.2, -0.15) is 0 Å². The van der Waals surface area contributed by atoms with Crippen molar-refractivity contribution in [3.63, 3.8) is 0 Å². The molecular formula is C19H36ClN3. The van der Waals surface area contributed by atoms with Crippen LogP contribution in [0.5, 0.6) is 0 Å². The lowest BCUT2D eigenvalue weighted by atomic mass is 10.1. The van der Waals surface area contributed by atoms with Gasteiger partial charge in [0.1, 0.15) is 0 Å². The predicted octanol–water partition coefficient (Wildman–Crippen LogP) is 3.90. The van der Waals surface area contributed by atoms with Crippen molar-refractivity contribution in [1.29, 1.82) is 0 Å². The topological polar surface area (TPSA) is 32.5 Å². The Hall–Kier alpha value is -0.610. The quantitative estimate of drug-likeness (QED) is 0.585. The monoisotopic (exact) mass is 341 g/mol. The molecule has 0 aliphatic heterocycles. The molecule has 0 radical (unpaired) electrons. The van der Waals surface area contributed by atoms with Gasteiger partial charge >= 0.3 is 0 Å². The van der Waals surface area contributed by atoms with Gasteiger partial charge in [-0.15, -0.1) is 12.4 Å². The highest BCUT2D eigenvalue weighted by atomic mass is 35.5. The summed E-state index contributed by atoms with van der Waals surface area (Å²) in [7, 11) is 2.21. The highest BCUT2D eigenvalue weighted by Gasteiger charge is 2.04. The van der Waals surface area contributed by atoms with Crippen LogP contribution < -0.4 is 5.73 Å². The first-order valence-electron chi connectivity index (χ1n) is 8.88. The number of nitrogens with two attached hydrogens (primary N) is 1. The van der Waals surface area contributed by atoms with Gasteiger partial charge in [-0.25, -0.2) is 0 Å². The molecule has 23 heavy (non-hydrogen) atoms. The van der Waals surface area contributed by atoms with E-state index < -0.39 is 0 Å². The van der Waals surface area contributed by atoms with Crippen molar-refractivity contribution in [3.05, 3.63) is 35.4 Å². The Kier molecular flexibility index (Phi) is 13.4. The number of halogens is 1. The van der Waals surface area contributed by atoms with E-state index in [1.54, 1.807) is 0 Å². The number of benzene rings is 1. The van der Waals surface area contributed by atoms with Gasteiger partial charge in [-0.3, -0.25) is 0 Å². The smallest absolute Gasteiger partial charge is 0.0230 e. The summed E-state index contributed by atoms with van der Waals surface area (Å²) in [5.74, 6) is 0. The van der Waals surface area contributed by atoms with E-state index in [0.717, 1.165) is 6.54 Å². The molecule has 0 saturated carbocycles. The fourth-order valence-corrected chi connectivity index (χ4v) is 2.86. The Balaban J connectivity index is 0.00000484. The Morgan fingerprint density at radius 3 is 1.87 bits per heavy atom. The fraction of sp³-hybridized carbons (Fsp3) is 0.684. The van der Waals surface area contributed by atoms with Gasteiger partial charge in [0.05, 0.1) is 0 Å². The van der Waals surface area contributed by atoms with Crippen molar-refractivity contribution < 1.29 is 0 Å². The molecule has 0 saturated heterocycles. The summed E-state index contributed by atoms with van der Waals surface area (Å²) in [5.41, 5.74) is 8.22. The van der Waals surface area contributed by atoms with E-state index in [0.29, 0.717) is 6.54 Å². The van der Waals surface area contributed by atoms with Crippen molar-refractivity contribution in [2.24, 2.45) is 5.73 Å². The van der Waals surface area contributed by atoms with E-state index >= 15 is 0 Å². The molecule has 1 aromatic rings. The van der Waals surface area contributed by atoms with E-state index in [1.165, 1.54) is 63.0 Å². The van der Waals surface area contributed by atoms with Gasteiger partial charge < -0.3 is 15.5 Å². The third-order valence-electron chi connectivity index (χ3n) is 4.06. The summed E-state index contributed by atoms with van der Waals surface area (Å²) >= 11 is 0. The summed E-state index contributed by atoms with van der Waals surface area (Å²) < 4.78 is 0. The molecule has 1 rings (SSSR count). The lowest BCUT2D eigenvalue weighted by molar-refractivity contribution is 0.255. The minimum atomic E-state index is 0. The predicted molar refractivity (Wildman–Crippen MR) is 104 cm³/mol. The molecule has 0 aliphatic carbocycles. The number of hydrogen-bond acceptors (Lipinski definition) is 3. The summed E-state index contributed by atoms with van der Waals surface area (Å²) in [6.45, 7) is 11.1.